The van der Waals surface area contributed by atoms with Gasteiger partial charge in [0.2, 0.25) is 0 Å². The number of aryl methyl sites for hydroxylation is 1. The summed E-state index contributed by atoms with van der Waals surface area (Å²) in [6.45, 7) is 3.87. The van der Waals surface area contributed by atoms with Crippen LogP contribution in [0.4, 0.5) is 17.3 Å². The van der Waals surface area contributed by atoms with E-state index in [-0.39, 0.29) is 0 Å². The van der Waals surface area contributed by atoms with Crippen LogP contribution >= 0.6 is 27.5 Å². The zero-order valence-corrected chi connectivity index (χ0v) is 13.0. The zero-order valence-electron chi connectivity index (χ0n) is 10.7. The molecule has 2 aromatic rings. The van der Waals surface area contributed by atoms with E-state index in [1.165, 1.54) is 0 Å². The molecule has 19 heavy (non-hydrogen) atoms. The van der Waals surface area contributed by atoms with Crippen molar-refractivity contribution in [2.45, 2.75) is 20.3 Å². The Kier molecular flexibility index (Phi) is 4.27. The number of halogens is 2. The standard InChI is InChI=1S/C13H14BrClN4/c1-3-11-18-12(16)7(2)13(19-11)17-10-5-4-8(14)6-9(10)15/h4-6H,3H2,1-2H3,(H3,16,17,18,19). The molecule has 0 radical (unpaired) electrons. The number of hydrogen-bond donors (Lipinski definition) is 2. The molecule has 0 saturated heterocycles. The number of rotatable bonds is 3. The average molecular weight is 342 g/mol. The van der Waals surface area contributed by atoms with Gasteiger partial charge in [-0.1, -0.05) is 34.5 Å². The normalized spacial score (nSPS) is 10.5. The van der Waals surface area contributed by atoms with Gasteiger partial charge >= 0.3 is 0 Å². The highest BCUT2D eigenvalue weighted by Gasteiger charge is 2.09. The number of nitrogens with two attached hydrogens (primary N) is 1. The minimum Gasteiger partial charge on any atom is -0.383 e. The number of nitrogens with one attached hydrogen (secondary N) is 1. The molecule has 0 bridgehead atoms. The minimum atomic E-state index is 0.489. The molecule has 0 spiro atoms. The molecule has 3 N–H and O–H groups in total. The van der Waals surface area contributed by atoms with E-state index in [4.69, 9.17) is 17.3 Å². The average Bonchev–Trinajstić information content (AvgIpc) is 2.37. The van der Waals surface area contributed by atoms with Gasteiger partial charge in [-0.05, 0) is 25.1 Å². The maximum Gasteiger partial charge on any atom is 0.139 e. The minimum absolute atomic E-state index is 0.489. The molecule has 0 amide bonds. The summed E-state index contributed by atoms with van der Waals surface area (Å²) in [6, 6.07) is 5.62. The van der Waals surface area contributed by atoms with Gasteiger partial charge in [-0.15, -0.1) is 0 Å². The summed E-state index contributed by atoms with van der Waals surface area (Å²) in [7, 11) is 0. The van der Waals surface area contributed by atoms with Gasteiger partial charge in [0.1, 0.15) is 17.5 Å². The van der Waals surface area contributed by atoms with E-state index in [0.717, 1.165) is 22.1 Å². The summed E-state index contributed by atoms with van der Waals surface area (Å²) in [4.78, 5) is 8.65. The van der Waals surface area contributed by atoms with Crippen LogP contribution in [0.15, 0.2) is 22.7 Å². The van der Waals surface area contributed by atoms with E-state index in [9.17, 15) is 0 Å². The van der Waals surface area contributed by atoms with Gasteiger partial charge < -0.3 is 11.1 Å². The van der Waals surface area contributed by atoms with Gasteiger partial charge in [0.25, 0.3) is 0 Å². The Morgan fingerprint density at radius 2 is 2.11 bits per heavy atom. The zero-order chi connectivity index (χ0) is 14.0. The Morgan fingerprint density at radius 3 is 2.74 bits per heavy atom. The highest BCUT2D eigenvalue weighted by Crippen LogP contribution is 2.29. The van der Waals surface area contributed by atoms with Crippen LogP contribution in [0.3, 0.4) is 0 Å². The Hall–Kier alpha value is -1.33. The molecule has 100 valence electrons. The number of anilines is 3. The molecule has 4 nitrogen and oxygen atoms in total. The van der Waals surface area contributed by atoms with Crippen LogP contribution in [0.1, 0.15) is 18.3 Å². The van der Waals surface area contributed by atoms with Gasteiger partial charge in [-0.25, -0.2) is 9.97 Å². The number of nitrogens with zero attached hydrogens (tertiary/aromatic N) is 2. The third-order valence-electron chi connectivity index (χ3n) is 2.73. The van der Waals surface area contributed by atoms with Crippen LogP contribution in [-0.4, -0.2) is 9.97 Å². The van der Waals surface area contributed by atoms with E-state index in [1.807, 2.05) is 32.0 Å². The van der Waals surface area contributed by atoms with E-state index in [0.29, 0.717) is 22.5 Å². The number of nitrogen functional groups attached to an aromatic ring is 1. The summed E-state index contributed by atoms with van der Waals surface area (Å²) < 4.78 is 0.927. The highest BCUT2D eigenvalue weighted by atomic mass is 79.9. The fourth-order valence-corrected chi connectivity index (χ4v) is 2.30. The van der Waals surface area contributed by atoms with Crippen molar-refractivity contribution in [3.63, 3.8) is 0 Å². The van der Waals surface area contributed by atoms with Crippen molar-refractivity contribution < 1.29 is 0 Å². The van der Waals surface area contributed by atoms with Gasteiger partial charge in [0.05, 0.1) is 10.7 Å². The molecule has 0 fully saturated rings. The molecule has 0 saturated carbocycles. The Labute approximate surface area is 125 Å². The molecule has 0 aliphatic carbocycles. The SMILES string of the molecule is CCc1nc(N)c(C)c(Nc2ccc(Br)cc2Cl)n1. The van der Waals surface area contributed by atoms with Crippen LogP contribution in [-0.2, 0) is 6.42 Å². The molecule has 2 rings (SSSR count). The summed E-state index contributed by atoms with van der Waals surface area (Å²) in [6.07, 6.45) is 0.729. The van der Waals surface area contributed by atoms with Gasteiger partial charge in [0, 0.05) is 16.5 Å². The largest absolute Gasteiger partial charge is 0.383 e. The number of benzene rings is 1. The second-order valence-electron chi connectivity index (χ2n) is 4.10. The van der Waals surface area contributed by atoms with Crippen LogP contribution in [0.2, 0.25) is 5.02 Å². The predicted molar refractivity (Wildman–Crippen MR) is 83.0 cm³/mol. The van der Waals surface area contributed by atoms with Crippen molar-refractivity contribution in [2.24, 2.45) is 0 Å². The lowest BCUT2D eigenvalue weighted by Crippen LogP contribution is -2.06. The number of hydrogen-bond acceptors (Lipinski definition) is 4. The quantitative estimate of drug-likeness (QED) is 0.882. The van der Waals surface area contributed by atoms with Gasteiger partial charge in [0.15, 0.2) is 0 Å². The summed E-state index contributed by atoms with van der Waals surface area (Å²) >= 11 is 9.55. The van der Waals surface area contributed by atoms with Crippen molar-refractivity contribution in [1.82, 2.24) is 9.97 Å². The first-order chi connectivity index (χ1) is 9.01. The van der Waals surface area contributed by atoms with Crippen molar-refractivity contribution in [3.05, 3.63) is 39.1 Å². The topological polar surface area (TPSA) is 63.8 Å². The summed E-state index contributed by atoms with van der Waals surface area (Å²) in [5.41, 5.74) is 7.48. The fourth-order valence-electron chi connectivity index (χ4n) is 1.58. The lowest BCUT2D eigenvalue weighted by molar-refractivity contribution is 0.940. The Balaban J connectivity index is 2.40. The smallest absolute Gasteiger partial charge is 0.139 e. The third-order valence-corrected chi connectivity index (χ3v) is 3.54. The van der Waals surface area contributed by atoms with Gasteiger partial charge in [-0.3, -0.25) is 0 Å². The van der Waals surface area contributed by atoms with Crippen molar-refractivity contribution in [2.75, 3.05) is 11.1 Å². The molecule has 0 aliphatic heterocycles. The summed E-state index contributed by atoms with van der Waals surface area (Å²) in [5, 5.41) is 3.81. The molecule has 1 heterocycles. The van der Waals surface area contributed by atoms with Crippen LogP contribution < -0.4 is 11.1 Å². The van der Waals surface area contributed by atoms with E-state index in [2.05, 4.69) is 31.2 Å². The third kappa shape index (κ3) is 3.16. The highest BCUT2D eigenvalue weighted by molar-refractivity contribution is 9.10. The lowest BCUT2D eigenvalue weighted by Gasteiger charge is -2.12. The fraction of sp³-hybridized carbons (Fsp3) is 0.231. The second kappa shape index (κ2) is 5.75. The summed E-state index contributed by atoms with van der Waals surface area (Å²) in [5.74, 6) is 1.88. The monoisotopic (exact) mass is 340 g/mol. The predicted octanol–water partition coefficient (Wildman–Crippen LogP) is 4.09. The first-order valence-electron chi connectivity index (χ1n) is 5.86. The first kappa shape index (κ1) is 14.1. The van der Waals surface area contributed by atoms with Crippen molar-refractivity contribution >= 4 is 44.9 Å². The molecule has 6 heteroatoms. The van der Waals surface area contributed by atoms with E-state index < -0.39 is 0 Å². The van der Waals surface area contributed by atoms with E-state index in [1.54, 1.807) is 0 Å². The van der Waals surface area contributed by atoms with E-state index >= 15 is 0 Å². The molecular weight excluding hydrogens is 328 g/mol. The van der Waals surface area contributed by atoms with Crippen molar-refractivity contribution in [1.29, 1.82) is 0 Å². The Morgan fingerprint density at radius 1 is 1.37 bits per heavy atom. The molecule has 0 aliphatic rings. The molecule has 1 aromatic heterocycles. The van der Waals surface area contributed by atoms with Crippen molar-refractivity contribution in [3.8, 4) is 0 Å². The van der Waals surface area contributed by atoms with Gasteiger partial charge in [-0.2, -0.15) is 0 Å². The molecular formula is C13H14BrClN4. The second-order valence-corrected chi connectivity index (χ2v) is 5.42. The number of aromatic nitrogens is 2. The van der Waals surface area contributed by atoms with Crippen LogP contribution in [0.25, 0.3) is 0 Å². The molecule has 0 unspecified atom stereocenters. The Bertz CT molecular complexity index is 616. The van der Waals surface area contributed by atoms with Crippen LogP contribution in [0.5, 0.6) is 0 Å². The van der Waals surface area contributed by atoms with Crippen LogP contribution in [0, 0.1) is 6.92 Å². The maximum atomic E-state index is 6.18. The lowest BCUT2D eigenvalue weighted by atomic mass is 10.2. The molecule has 1 aromatic carbocycles. The molecule has 0 atom stereocenters. The maximum absolute atomic E-state index is 6.18. The first-order valence-corrected chi connectivity index (χ1v) is 7.03.